The summed E-state index contributed by atoms with van der Waals surface area (Å²) in [6.07, 6.45) is 3.52. The Balaban J connectivity index is 1.73. The summed E-state index contributed by atoms with van der Waals surface area (Å²) >= 11 is 1.56. The van der Waals surface area contributed by atoms with E-state index in [1.807, 2.05) is 53.7 Å². The first-order valence-electron chi connectivity index (χ1n) is 20.9. The number of amides is 4. The number of nitrogens with zero attached hydrogens (tertiary/aromatic N) is 4. The van der Waals surface area contributed by atoms with E-state index in [-0.39, 0.29) is 42.0 Å². The molecular weight excluding hydrogens is 759 g/mol. The van der Waals surface area contributed by atoms with Gasteiger partial charge in [0.25, 0.3) is 0 Å². The third kappa shape index (κ3) is 11.4. The monoisotopic (exact) mass is 825 g/mol. The molecule has 3 aliphatic heterocycles. The Kier molecular flexibility index (Phi) is 16.8. The zero-order valence-electron chi connectivity index (χ0n) is 36.4. The fraction of sp³-hybridized carbons (Fsp3) is 0.682. The summed E-state index contributed by atoms with van der Waals surface area (Å²) in [4.78, 5) is 80.1. The molecule has 0 spiro atoms. The minimum Gasteiger partial charge on any atom is -0.497 e. The number of ether oxygens (including phenoxy) is 2. The number of hydrogen-bond donors (Lipinski definition) is 2. The number of aliphatic imine (C=N–C) groups is 1. The number of nitrogens with one attached hydrogen (secondary N) is 1. The predicted octanol–water partition coefficient (Wildman–Crippen LogP) is 4.89. The summed E-state index contributed by atoms with van der Waals surface area (Å²) in [6, 6.07) is 3.22. The lowest BCUT2D eigenvalue weighted by Gasteiger charge is -2.38. The number of methoxy groups -OCH3 is 1. The molecule has 1 aromatic rings. The SMILES string of the molecule is CC[C@H](C)[C@H]1C(=O)N2CCC[C@H]2C(=O)O[C@H](C(C)C)C[C@@H](C)C[C@H](O)[C@H](C)C2=N[C@@H](/C=C(\C)C(=O)N[C@@H](Cc3ccc(OC)cc3)C(=O)N(C)[C@@H](C)C(=O)N1C)CS2. The summed E-state index contributed by atoms with van der Waals surface area (Å²) in [7, 11) is 4.67. The van der Waals surface area contributed by atoms with E-state index in [4.69, 9.17) is 14.5 Å². The zero-order chi connectivity index (χ0) is 43.0. The molecule has 0 aromatic heterocycles. The van der Waals surface area contributed by atoms with Crippen LogP contribution in [0, 0.1) is 23.7 Å². The van der Waals surface area contributed by atoms with E-state index in [1.54, 1.807) is 62.9 Å². The Morgan fingerprint density at radius 3 is 2.28 bits per heavy atom. The van der Waals surface area contributed by atoms with Gasteiger partial charge in [0.05, 0.1) is 24.3 Å². The second kappa shape index (κ2) is 20.9. The molecule has 58 heavy (non-hydrogen) atoms. The molecule has 0 unspecified atom stereocenters. The summed E-state index contributed by atoms with van der Waals surface area (Å²) in [6.45, 7) is 15.5. The maximum atomic E-state index is 14.5. The van der Waals surface area contributed by atoms with E-state index >= 15 is 0 Å². The lowest BCUT2D eigenvalue weighted by Crippen LogP contribution is -2.59. The highest BCUT2D eigenvalue weighted by atomic mass is 32.2. The minimum absolute atomic E-state index is 0.00511. The smallest absolute Gasteiger partial charge is 0.329 e. The van der Waals surface area contributed by atoms with Crippen molar-refractivity contribution in [2.24, 2.45) is 28.7 Å². The van der Waals surface area contributed by atoms with Crippen molar-refractivity contribution in [3.63, 3.8) is 0 Å². The highest BCUT2D eigenvalue weighted by Crippen LogP contribution is 2.31. The highest BCUT2D eigenvalue weighted by molar-refractivity contribution is 8.14. The molecule has 1 fully saturated rings. The van der Waals surface area contributed by atoms with Crippen molar-refractivity contribution in [3.8, 4) is 5.75 Å². The van der Waals surface area contributed by atoms with Crippen LogP contribution in [0.4, 0.5) is 0 Å². The molecule has 2 bridgehead atoms. The molecular formula is C44H67N5O8S. The zero-order valence-corrected chi connectivity index (χ0v) is 37.2. The second-order valence-electron chi connectivity index (χ2n) is 17.0. The fourth-order valence-electron chi connectivity index (χ4n) is 8.03. The Hall–Kier alpha value is -3.91. The number of aliphatic hydroxyl groups is 1. The van der Waals surface area contributed by atoms with Gasteiger partial charge in [0, 0.05) is 44.3 Å². The Bertz CT molecular complexity index is 1680. The van der Waals surface area contributed by atoms with Crippen LogP contribution >= 0.6 is 11.8 Å². The average molecular weight is 826 g/mol. The predicted molar refractivity (Wildman–Crippen MR) is 227 cm³/mol. The summed E-state index contributed by atoms with van der Waals surface area (Å²) in [5.41, 5.74) is 1.17. The van der Waals surface area contributed by atoms with Crippen molar-refractivity contribution in [1.82, 2.24) is 20.0 Å². The molecule has 2 N–H and O–H groups in total. The van der Waals surface area contributed by atoms with Gasteiger partial charge < -0.3 is 34.6 Å². The maximum Gasteiger partial charge on any atom is 0.329 e. The average Bonchev–Trinajstić information content (AvgIpc) is 3.89. The van der Waals surface area contributed by atoms with Gasteiger partial charge in [-0.3, -0.25) is 24.2 Å². The molecule has 4 rings (SSSR count). The van der Waals surface area contributed by atoms with Crippen molar-refractivity contribution >= 4 is 46.4 Å². The van der Waals surface area contributed by atoms with Gasteiger partial charge in [-0.2, -0.15) is 0 Å². The summed E-state index contributed by atoms with van der Waals surface area (Å²) in [5, 5.41) is 15.1. The van der Waals surface area contributed by atoms with E-state index in [0.717, 1.165) is 10.6 Å². The molecule has 0 aliphatic carbocycles. The van der Waals surface area contributed by atoms with Gasteiger partial charge in [-0.1, -0.05) is 66.2 Å². The van der Waals surface area contributed by atoms with E-state index in [2.05, 4.69) is 5.32 Å². The largest absolute Gasteiger partial charge is 0.497 e. The number of carbonyl (C=O) groups is 5. The van der Waals surface area contributed by atoms with E-state index in [0.29, 0.717) is 55.7 Å². The van der Waals surface area contributed by atoms with E-state index in [1.165, 1.54) is 16.8 Å². The van der Waals surface area contributed by atoms with Crippen LogP contribution < -0.4 is 10.1 Å². The number of fused-ring (bicyclic) bond motifs is 2. The highest BCUT2D eigenvalue weighted by Gasteiger charge is 2.44. The normalized spacial score (nSPS) is 31.8. The molecule has 1 aromatic carbocycles. The van der Waals surface area contributed by atoms with Crippen LogP contribution in [0.5, 0.6) is 5.75 Å². The standard InChI is InChI=1S/C44H67N5O8S/c1-12-27(5)38-43(54)49-19-13-14-35(49)44(55)57-37(25(2)3)21-26(4)20-36(50)29(7)40-45-32(24-58-40)22-28(6)39(51)46-34(23-31-15-17-33(56-11)18-16-31)42(53)47(9)30(8)41(52)48(38)10/h15-18,22,25-27,29-30,32,34-38,50H,12-14,19-21,23-24H2,1-11H3,(H,46,51)/b28-22+/t26-,27-,29-,30-,32-,34-,35-,36-,37-,38-/m0/s1. The lowest BCUT2D eigenvalue weighted by molar-refractivity contribution is -0.163. The second-order valence-corrected chi connectivity index (χ2v) is 18.1. The van der Waals surface area contributed by atoms with Crippen LogP contribution in [0.3, 0.4) is 0 Å². The molecule has 10 atom stereocenters. The van der Waals surface area contributed by atoms with Crippen LogP contribution in [-0.4, -0.2) is 130 Å². The number of esters is 1. The maximum absolute atomic E-state index is 14.5. The molecule has 322 valence electrons. The first-order valence-corrected chi connectivity index (χ1v) is 21.9. The Morgan fingerprint density at radius 2 is 1.66 bits per heavy atom. The molecule has 3 aliphatic rings. The molecule has 13 nitrogen and oxygen atoms in total. The number of aliphatic hydroxyl groups excluding tert-OH is 1. The van der Waals surface area contributed by atoms with Gasteiger partial charge in [0.1, 0.15) is 36.0 Å². The minimum atomic E-state index is -1.03. The number of benzene rings is 1. The van der Waals surface area contributed by atoms with Crippen LogP contribution in [-0.2, 0) is 35.1 Å². The van der Waals surface area contributed by atoms with Gasteiger partial charge >= 0.3 is 5.97 Å². The first-order chi connectivity index (χ1) is 27.4. The van der Waals surface area contributed by atoms with Crippen molar-refractivity contribution < 1.29 is 38.6 Å². The molecule has 14 heteroatoms. The number of likely N-dealkylation sites (N-methyl/N-ethyl adjacent to an activating group) is 2. The summed E-state index contributed by atoms with van der Waals surface area (Å²) < 4.78 is 11.5. The molecule has 0 radical (unpaired) electrons. The Labute approximate surface area is 349 Å². The van der Waals surface area contributed by atoms with E-state index in [9.17, 15) is 29.1 Å². The van der Waals surface area contributed by atoms with Crippen LogP contribution in [0.15, 0.2) is 40.9 Å². The van der Waals surface area contributed by atoms with Crippen LogP contribution in [0.25, 0.3) is 0 Å². The quantitative estimate of drug-likeness (QED) is 0.382. The van der Waals surface area contributed by atoms with Gasteiger partial charge in [0.15, 0.2) is 0 Å². The molecule has 1 saturated heterocycles. The van der Waals surface area contributed by atoms with Crippen molar-refractivity contribution in [1.29, 1.82) is 0 Å². The van der Waals surface area contributed by atoms with E-state index < -0.39 is 60.1 Å². The van der Waals surface area contributed by atoms with Gasteiger partial charge in [-0.15, -0.1) is 11.8 Å². The van der Waals surface area contributed by atoms with Gasteiger partial charge in [-0.05, 0) is 75.0 Å². The third-order valence-electron chi connectivity index (χ3n) is 12.2. The molecule has 4 amide bonds. The van der Waals surface area contributed by atoms with Crippen molar-refractivity contribution in [2.45, 2.75) is 136 Å². The third-order valence-corrected chi connectivity index (χ3v) is 13.5. The lowest BCUT2D eigenvalue weighted by atomic mass is 9.89. The van der Waals surface area contributed by atoms with Crippen LogP contribution in [0.1, 0.15) is 93.1 Å². The topological polar surface area (TPSA) is 158 Å². The first kappa shape index (κ1) is 46.8. The number of thioether (sulfide) groups is 1. The van der Waals surface area contributed by atoms with Crippen molar-refractivity contribution in [2.75, 3.05) is 33.5 Å². The molecule has 3 heterocycles. The number of hydrogen-bond acceptors (Lipinski definition) is 10. The number of rotatable bonds is 6. The Morgan fingerprint density at radius 1 is 0.983 bits per heavy atom. The summed E-state index contributed by atoms with van der Waals surface area (Å²) in [5.74, 6) is -1.35. The molecule has 0 saturated carbocycles. The van der Waals surface area contributed by atoms with Crippen LogP contribution in [0.2, 0.25) is 0 Å². The number of cyclic esters (lactones) is 1. The fourth-order valence-corrected chi connectivity index (χ4v) is 9.17. The van der Waals surface area contributed by atoms with Crippen molar-refractivity contribution in [3.05, 3.63) is 41.5 Å². The van der Waals surface area contributed by atoms with Gasteiger partial charge in [-0.25, -0.2) is 4.79 Å². The van der Waals surface area contributed by atoms with Gasteiger partial charge in [0.2, 0.25) is 23.6 Å². The number of carbonyl (C=O) groups excluding carboxylic acids is 5.